The highest BCUT2D eigenvalue weighted by molar-refractivity contribution is 6.30. The highest BCUT2D eigenvalue weighted by atomic mass is 35.5. The molecule has 1 aromatic heterocycles. The van der Waals surface area contributed by atoms with Crippen molar-refractivity contribution in [2.45, 2.75) is 39.5 Å². The molecule has 2 aromatic rings. The number of nitrogens with two attached hydrogens (primary N) is 1. The summed E-state index contributed by atoms with van der Waals surface area (Å²) in [6, 6.07) is 7.09. The van der Waals surface area contributed by atoms with Crippen LogP contribution in [0.2, 0.25) is 5.02 Å². The summed E-state index contributed by atoms with van der Waals surface area (Å²) in [4.78, 5) is 26.5. The molecule has 0 radical (unpaired) electrons. The van der Waals surface area contributed by atoms with Crippen molar-refractivity contribution >= 4 is 23.4 Å². The molecule has 1 aromatic carbocycles. The van der Waals surface area contributed by atoms with E-state index in [-0.39, 0.29) is 18.2 Å². The molecule has 3 rings (SSSR count). The third kappa shape index (κ3) is 4.90. The molecule has 0 bridgehead atoms. The lowest BCUT2D eigenvalue weighted by Crippen LogP contribution is -2.47. The maximum Gasteiger partial charge on any atom is 0.259 e. The van der Waals surface area contributed by atoms with Gasteiger partial charge in [-0.1, -0.05) is 23.7 Å². The number of nitrogens with zero attached hydrogens (tertiary/aromatic N) is 2. The smallest absolute Gasteiger partial charge is 0.259 e. The van der Waals surface area contributed by atoms with Crippen molar-refractivity contribution in [3.8, 4) is 5.75 Å². The van der Waals surface area contributed by atoms with Crippen molar-refractivity contribution in [1.29, 1.82) is 0 Å². The molecule has 0 unspecified atom stereocenters. The number of piperidine rings is 1. The standard InChI is InChI=1S/C21H26ClN3O4/c1-3-17-19(14(2)29-24-17)20(27)25-10-8-21(9-11-25,12-18(23)26)13-28-16-6-4-15(22)5-7-16/h4-7H,3,8-13H2,1-2H3,(H2,23,26). The van der Waals surface area contributed by atoms with Gasteiger partial charge in [-0.25, -0.2) is 0 Å². The molecule has 0 aliphatic carbocycles. The van der Waals surface area contributed by atoms with Crippen molar-refractivity contribution in [2.24, 2.45) is 11.1 Å². The van der Waals surface area contributed by atoms with Crippen LogP contribution in [0, 0.1) is 12.3 Å². The molecule has 1 aliphatic rings. The van der Waals surface area contributed by atoms with Crippen molar-refractivity contribution in [3.63, 3.8) is 0 Å². The van der Waals surface area contributed by atoms with Gasteiger partial charge in [0.15, 0.2) is 0 Å². The van der Waals surface area contributed by atoms with Gasteiger partial charge in [-0.2, -0.15) is 0 Å². The summed E-state index contributed by atoms with van der Waals surface area (Å²) in [6.07, 6.45) is 2.10. The first kappa shape index (κ1) is 21.2. The largest absolute Gasteiger partial charge is 0.493 e. The Hall–Kier alpha value is -2.54. The lowest BCUT2D eigenvalue weighted by Gasteiger charge is -2.41. The fraction of sp³-hybridized carbons (Fsp3) is 0.476. The van der Waals surface area contributed by atoms with Crippen LogP contribution in [-0.2, 0) is 11.2 Å². The van der Waals surface area contributed by atoms with Gasteiger partial charge < -0.3 is 19.9 Å². The number of halogens is 1. The van der Waals surface area contributed by atoms with E-state index in [4.69, 9.17) is 26.6 Å². The first-order valence-electron chi connectivity index (χ1n) is 9.74. The Morgan fingerprint density at radius 3 is 2.52 bits per heavy atom. The maximum absolute atomic E-state index is 13.0. The zero-order valence-corrected chi connectivity index (χ0v) is 17.5. The van der Waals surface area contributed by atoms with Crippen LogP contribution in [0.15, 0.2) is 28.8 Å². The molecule has 1 fully saturated rings. The Labute approximate surface area is 175 Å². The number of hydrogen-bond acceptors (Lipinski definition) is 5. The number of carbonyl (C=O) groups is 2. The Balaban J connectivity index is 1.68. The third-order valence-corrected chi connectivity index (χ3v) is 5.75. The summed E-state index contributed by atoms with van der Waals surface area (Å²) < 4.78 is 11.1. The van der Waals surface area contributed by atoms with E-state index in [0.717, 1.165) is 0 Å². The van der Waals surface area contributed by atoms with Crippen LogP contribution in [0.25, 0.3) is 0 Å². The molecule has 0 saturated carbocycles. The summed E-state index contributed by atoms with van der Waals surface area (Å²) in [7, 11) is 0. The van der Waals surface area contributed by atoms with Gasteiger partial charge in [0.25, 0.3) is 5.91 Å². The van der Waals surface area contributed by atoms with Crippen LogP contribution in [0.3, 0.4) is 0 Å². The van der Waals surface area contributed by atoms with Crippen LogP contribution in [0.4, 0.5) is 0 Å². The van der Waals surface area contributed by atoms with Gasteiger partial charge in [-0.05, 0) is 50.5 Å². The minimum atomic E-state index is -0.403. The maximum atomic E-state index is 13.0. The fourth-order valence-electron chi connectivity index (χ4n) is 3.78. The first-order valence-corrected chi connectivity index (χ1v) is 10.1. The average Bonchev–Trinajstić information content (AvgIpc) is 3.08. The monoisotopic (exact) mass is 419 g/mol. The molecule has 8 heteroatoms. The number of rotatable bonds is 7. The van der Waals surface area contributed by atoms with E-state index in [9.17, 15) is 9.59 Å². The van der Waals surface area contributed by atoms with Gasteiger partial charge in [0, 0.05) is 29.9 Å². The number of likely N-dealkylation sites (tertiary alicyclic amines) is 1. The Morgan fingerprint density at radius 2 is 1.93 bits per heavy atom. The number of amides is 2. The molecule has 0 atom stereocenters. The van der Waals surface area contributed by atoms with E-state index in [1.807, 2.05) is 6.92 Å². The number of aryl methyl sites for hydroxylation is 2. The van der Waals surface area contributed by atoms with Crippen LogP contribution >= 0.6 is 11.6 Å². The molecule has 29 heavy (non-hydrogen) atoms. The number of ether oxygens (including phenoxy) is 1. The predicted octanol–water partition coefficient (Wildman–Crippen LogP) is 3.38. The zero-order chi connectivity index (χ0) is 21.0. The molecular formula is C21H26ClN3O4. The molecule has 7 nitrogen and oxygen atoms in total. The van der Waals surface area contributed by atoms with Gasteiger partial charge in [0.2, 0.25) is 5.91 Å². The quantitative estimate of drug-likeness (QED) is 0.741. The number of benzene rings is 1. The normalized spacial score (nSPS) is 15.9. The lowest BCUT2D eigenvalue weighted by atomic mass is 9.76. The second-order valence-electron chi connectivity index (χ2n) is 7.59. The van der Waals surface area contributed by atoms with Gasteiger partial charge in [0.05, 0.1) is 12.3 Å². The number of primary amides is 1. The summed E-state index contributed by atoms with van der Waals surface area (Å²) in [6.45, 7) is 5.08. The summed E-state index contributed by atoms with van der Waals surface area (Å²) in [5.41, 5.74) is 6.33. The van der Waals surface area contributed by atoms with Crippen LogP contribution < -0.4 is 10.5 Å². The Bertz CT molecular complexity index is 871. The number of aromatic nitrogens is 1. The summed E-state index contributed by atoms with van der Waals surface area (Å²) in [5.74, 6) is 0.774. The van der Waals surface area contributed by atoms with E-state index in [1.165, 1.54) is 0 Å². The predicted molar refractivity (Wildman–Crippen MR) is 109 cm³/mol. The molecule has 0 spiro atoms. The van der Waals surface area contributed by atoms with Gasteiger partial charge in [-0.3, -0.25) is 9.59 Å². The summed E-state index contributed by atoms with van der Waals surface area (Å²) >= 11 is 5.91. The SMILES string of the molecule is CCc1noc(C)c1C(=O)N1CCC(COc2ccc(Cl)cc2)(CC(N)=O)CC1. The first-order chi connectivity index (χ1) is 13.8. The molecule has 1 saturated heterocycles. The third-order valence-electron chi connectivity index (χ3n) is 5.50. The van der Waals surface area contributed by atoms with Gasteiger partial charge in [0.1, 0.15) is 17.1 Å². The Morgan fingerprint density at radius 1 is 1.28 bits per heavy atom. The minimum Gasteiger partial charge on any atom is -0.493 e. The molecule has 2 amide bonds. The van der Waals surface area contributed by atoms with Gasteiger partial charge in [-0.15, -0.1) is 0 Å². The van der Waals surface area contributed by atoms with Gasteiger partial charge >= 0.3 is 0 Å². The second-order valence-corrected chi connectivity index (χ2v) is 8.03. The molecule has 2 N–H and O–H groups in total. The zero-order valence-electron chi connectivity index (χ0n) is 16.7. The summed E-state index contributed by atoms with van der Waals surface area (Å²) in [5, 5.41) is 4.61. The van der Waals surface area contributed by atoms with Crippen LogP contribution in [-0.4, -0.2) is 41.6 Å². The second kappa shape index (κ2) is 8.86. The van der Waals surface area contributed by atoms with E-state index < -0.39 is 5.41 Å². The van der Waals surface area contributed by atoms with Crippen LogP contribution in [0.1, 0.15) is 48.0 Å². The van der Waals surface area contributed by atoms with E-state index in [1.54, 1.807) is 36.1 Å². The fourth-order valence-corrected chi connectivity index (χ4v) is 3.91. The highest BCUT2D eigenvalue weighted by Crippen LogP contribution is 2.36. The molecular weight excluding hydrogens is 394 g/mol. The van der Waals surface area contributed by atoms with E-state index in [0.29, 0.717) is 66.7 Å². The topological polar surface area (TPSA) is 98.7 Å². The van der Waals surface area contributed by atoms with Crippen molar-refractivity contribution in [2.75, 3.05) is 19.7 Å². The molecule has 2 heterocycles. The van der Waals surface area contributed by atoms with E-state index in [2.05, 4.69) is 5.16 Å². The minimum absolute atomic E-state index is 0.0769. The average molecular weight is 420 g/mol. The molecule has 1 aliphatic heterocycles. The number of hydrogen-bond donors (Lipinski definition) is 1. The molecule has 156 valence electrons. The highest BCUT2D eigenvalue weighted by Gasteiger charge is 2.39. The number of carbonyl (C=O) groups excluding carboxylic acids is 2. The van der Waals surface area contributed by atoms with E-state index >= 15 is 0 Å². The van der Waals surface area contributed by atoms with Crippen molar-refractivity contribution in [3.05, 3.63) is 46.3 Å². The lowest BCUT2D eigenvalue weighted by molar-refractivity contribution is -0.121. The Kier molecular flexibility index (Phi) is 6.47. The van der Waals surface area contributed by atoms with Crippen molar-refractivity contribution < 1.29 is 18.8 Å². The van der Waals surface area contributed by atoms with Crippen LogP contribution in [0.5, 0.6) is 5.75 Å². The van der Waals surface area contributed by atoms with Crippen molar-refractivity contribution in [1.82, 2.24) is 10.1 Å².